The number of carbonyl (C=O) groups excluding carboxylic acids is 1. The average molecular weight is 213 g/mol. The molecule has 5 heteroatoms. The normalized spacial score (nSPS) is 28.0. The quantitative estimate of drug-likeness (QED) is 0.715. The SMILES string of the molecule is O=C1CN(CC[C@H]2CSC=N2)CCN1. The van der Waals surface area contributed by atoms with Crippen molar-refractivity contribution in [2.24, 2.45) is 4.99 Å². The molecule has 2 aliphatic rings. The lowest BCUT2D eigenvalue weighted by atomic mass is 10.2. The van der Waals surface area contributed by atoms with Gasteiger partial charge < -0.3 is 5.32 Å². The van der Waals surface area contributed by atoms with Crippen LogP contribution in [0.5, 0.6) is 0 Å². The van der Waals surface area contributed by atoms with Crippen molar-refractivity contribution in [3.05, 3.63) is 0 Å². The summed E-state index contributed by atoms with van der Waals surface area (Å²) in [6, 6.07) is 0.477. The molecule has 1 fully saturated rings. The van der Waals surface area contributed by atoms with Crippen LogP contribution in [0.1, 0.15) is 6.42 Å². The van der Waals surface area contributed by atoms with Crippen LogP contribution >= 0.6 is 11.8 Å². The zero-order chi connectivity index (χ0) is 9.80. The van der Waals surface area contributed by atoms with Crippen LogP contribution in [-0.4, -0.2) is 54.3 Å². The zero-order valence-electron chi connectivity index (χ0n) is 8.11. The molecule has 1 saturated heterocycles. The zero-order valence-corrected chi connectivity index (χ0v) is 8.92. The summed E-state index contributed by atoms with van der Waals surface area (Å²) >= 11 is 1.78. The number of thioether (sulfide) groups is 1. The predicted octanol–water partition coefficient (Wildman–Crippen LogP) is -0.0480. The van der Waals surface area contributed by atoms with Crippen molar-refractivity contribution < 1.29 is 4.79 Å². The summed E-state index contributed by atoms with van der Waals surface area (Å²) in [6.45, 7) is 3.33. The van der Waals surface area contributed by atoms with E-state index in [9.17, 15) is 4.79 Å². The summed E-state index contributed by atoms with van der Waals surface area (Å²) in [5.41, 5.74) is 1.94. The number of hydrogen-bond donors (Lipinski definition) is 1. The molecule has 0 radical (unpaired) electrons. The summed E-state index contributed by atoms with van der Waals surface area (Å²) in [6.07, 6.45) is 1.08. The molecule has 0 aromatic rings. The van der Waals surface area contributed by atoms with Gasteiger partial charge in [0.2, 0.25) is 5.91 Å². The van der Waals surface area contributed by atoms with Gasteiger partial charge in [0.1, 0.15) is 0 Å². The van der Waals surface area contributed by atoms with Crippen molar-refractivity contribution in [2.45, 2.75) is 12.5 Å². The third-order valence-corrected chi connectivity index (χ3v) is 3.38. The monoisotopic (exact) mass is 213 g/mol. The molecule has 1 atom stereocenters. The third-order valence-electron chi connectivity index (χ3n) is 2.53. The molecule has 0 aliphatic carbocycles. The molecule has 0 saturated carbocycles. The van der Waals surface area contributed by atoms with E-state index in [4.69, 9.17) is 0 Å². The summed E-state index contributed by atoms with van der Waals surface area (Å²) in [7, 11) is 0. The fourth-order valence-corrected chi connectivity index (χ4v) is 2.52. The Morgan fingerprint density at radius 2 is 2.64 bits per heavy atom. The van der Waals surface area contributed by atoms with Crippen LogP contribution in [0.3, 0.4) is 0 Å². The van der Waals surface area contributed by atoms with E-state index in [0.29, 0.717) is 12.6 Å². The van der Waals surface area contributed by atoms with Crippen molar-refractivity contribution in [2.75, 3.05) is 31.9 Å². The van der Waals surface area contributed by atoms with Gasteiger partial charge in [-0.15, -0.1) is 11.8 Å². The maximum atomic E-state index is 11.1. The van der Waals surface area contributed by atoms with E-state index in [1.54, 1.807) is 11.8 Å². The average Bonchev–Trinajstić information content (AvgIpc) is 2.67. The van der Waals surface area contributed by atoms with E-state index in [0.717, 1.165) is 31.8 Å². The lowest BCUT2D eigenvalue weighted by Crippen LogP contribution is -2.48. The van der Waals surface area contributed by atoms with Gasteiger partial charge in [0, 0.05) is 25.4 Å². The van der Waals surface area contributed by atoms with E-state index in [1.807, 2.05) is 5.55 Å². The standard InChI is InChI=1S/C9H15N3OS/c13-9-5-12(4-2-10-9)3-1-8-6-14-7-11-8/h7-8H,1-6H2,(H,10,13)/t8-/m0/s1. The summed E-state index contributed by atoms with van der Waals surface area (Å²) in [5.74, 6) is 1.26. The highest BCUT2D eigenvalue weighted by atomic mass is 32.2. The van der Waals surface area contributed by atoms with Crippen LogP contribution in [-0.2, 0) is 4.79 Å². The first-order valence-electron chi connectivity index (χ1n) is 4.97. The summed E-state index contributed by atoms with van der Waals surface area (Å²) in [5, 5.41) is 2.83. The molecule has 0 aromatic carbocycles. The summed E-state index contributed by atoms with van der Waals surface area (Å²) < 4.78 is 0. The molecular weight excluding hydrogens is 198 g/mol. The van der Waals surface area contributed by atoms with Gasteiger partial charge in [-0.3, -0.25) is 14.7 Å². The highest BCUT2D eigenvalue weighted by Crippen LogP contribution is 2.14. The van der Waals surface area contributed by atoms with Gasteiger partial charge in [-0.2, -0.15) is 0 Å². The number of aliphatic imine (C=N–C) groups is 1. The fraction of sp³-hybridized carbons (Fsp3) is 0.778. The number of amides is 1. The second-order valence-corrected chi connectivity index (χ2v) is 4.53. The van der Waals surface area contributed by atoms with Crippen molar-refractivity contribution in [3.8, 4) is 0 Å². The highest BCUT2D eigenvalue weighted by molar-refractivity contribution is 8.12. The van der Waals surface area contributed by atoms with Crippen LogP contribution in [0.2, 0.25) is 0 Å². The molecule has 0 spiro atoms. The van der Waals surface area contributed by atoms with E-state index < -0.39 is 0 Å². The Bertz CT molecular complexity index is 244. The van der Waals surface area contributed by atoms with Gasteiger partial charge in [-0.1, -0.05) is 0 Å². The topological polar surface area (TPSA) is 44.7 Å². The first-order valence-corrected chi connectivity index (χ1v) is 6.02. The van der Waals surface area contributed by atoms with Gasteiger partial charge in [-0.05, 0) is 6.42 Å². The lowest BCUT2D eigenvalue weighted by molar-refractivity contribution is -0.124. The molecule has 2 heterocycles. The molecular formula is C9H15N3OS. The first kappa shape index (κ1) is 9.98. The maximum absolute atomic E-state index is 11.1. The molecule has 0 unspecified atom stereocenters. The smallest absolute Gasteiger partial charge is 0.234 e. The number of carbonyl (C=O) groups is 1. The van der Waals surface area contributed by atoms with Crippen molar-refractivity contribution >= 4 is 23.2 Å². The Morgan fingerprint density at radius 3 is 3.36 bits per heavy atom. The van der Waals surface area contributed by atoms with Crippen LogP contribution < -0.4 is 5.32 Å². The first-order chi connectivity index (χ1) is 6.84. The second-order valence-electron chi connectivity index (χ2n) is 3.66. The van der Waals surface area contributed by atoms with Gasteiger partial charge in [0.05, 0.1) is 18.1 Å². The number of piperazine rings is 1. The Hall–Kier alpha value is -0.550. The van der Waals surface area contributed by atoms with Crippen molar-refractivity contribution in [1.82, 2.24) is 10.2 Å². The van der Waals surface area contributed by atoms with E-state index in [1.165, 1.54) is 0 Å². The van der Waals surface area contributed by atoms with Gasteiger partial charge in [0.25, 0.3) is 0 Å². The van der Waals surface area contributed by atoms with E-state index in [-0.39, 0.29) is 5.91 Å². The van der Waals surface area contributed by atoms with Crippen molar-refractivity contribution in [1.29, 1.82) is 0 Å². The third kappa shape index (κ3) is 2.72. The summed E-state index contributed by atoms with van der Waals surface area (Å²) in [4.78, 5) is 17.6. The van der Waals surface area contributed by atoms with Crippen molar-refractivity contribution in [3.63, 3.8) is 0 Å². The largest absolute Gasteiger partial charge is 0.354 e. The van der Waals surface area contributed by atoms with Crippen LogP contribution in [0, 0.1) is 0 Å². The highest BCUT2D eigenvalue weighted by Gasteiger charge is 2.18. The lowest BCUT2D eigenvalue weighted by Gasteiger charge is -2.26. The number of nitrogens with zero attached hydrogens (tertiary/aromatic N) is 2. The molecule has 4 nitrogen and oxygen atoms in total. The number of nitrogens with one attached hydrogen (secondary N) is 1. The molecule has 78 valence electrons. The van der Waals surface area contributed by atoms with E-state index in [2.05, 4.69) is 15.2 Å². The minimum absolute atomic E-state index is 0.153. The molecule has 2 rings (SSSR count). The minimum Gasteiger partial charge on any atom is -0.354 e. The van der Waals surface area contributed by atoms with Crippen LogP contribution in [0.15, 0.2) is 4.99 Å². The second kappa shape index (κ2) is 4.79. The van der Waals surface area contributed by atoms with Gasteiger partial charge in [0.15, 0.2) is 0 Å². The van der Waals surface area contributed by atoms with E-state index >= 15 is 0 Å². The molecule has 14 heavy (non-hydrogen) atoms. The Labute approximate surface area is 88.1 Å². The Morgan fingerprint density at radius 1 is 1.71 bits per heavy atom. The molecule has 0 bridgehead atoms. The minimum atomic E-state index is 0.153. The molecule has 0 aromatic heterocycles. The van der Waals surface area contributed by atoms with Gasteiger partial charge in [-0.25, -0.2) is 0 Å². The Kier molecular flexibility index (Phi) is 3.42. The van der Waals surface area contributed by atoms with Crippen LogP contribution in [0.4, 0.5) is 0 Å². The number of hydrogen-bond acceptors (Lipinski definition) is 4. The predicted molar refractivity (Wildman–Crippen MR) is 58.8 cm³/mol. The maximum Gasteiger partial charge on any atom is 0.234 e. The molecule has 1 N–H and O–H groups in total. The number of rotatable bonds is 3. The Balaban J connectivity index is 1.69. The fourth-order valence-electron chi connectivity index (χ4n) is 1.70. The molecule has 2 aliphatic heterocycles. The van der Waals surface area contributed by atoms with Crippen LogP contribution in [0.25, 0.3) is 0 Å². The molecule has 1 amide bonds. The van der Waals surface area contributed by atoms with Gasteiger partial charge >= 0.3 is 0 Å².